The Morgan fingerprint density at radius 3 is 2.25 bits per heavy atom. The van der Waals surface area contributed by atoms with E-state index in [-0.39, 0.29) is 17.9 Å². The molecular weight excluding hydrogens is 352 g/mol. The van der Waals surface area contributed by atoms with Crippen molar-refractivity contribution >= 4 is 17.6 Å². The molecule has 1 aliphatic carbocycles. The van der Waals surface area contributed by atoms with Crippen LogP contribution in [0.5, 0.6) is 0 Å². The van der Waals surface area contributed by atoms with Gasteiger partial charge in [-0.1, -0.05) is 25.0 Å². The van der Waals surface area contributed by atoms with E-state index in [1.165, 1.54) is 50.0 Å². The summed E-state index contributed by atoms with van der Waals surface area (Å²) in [6, 6.07) is 9.03. The van der Waals surface area contributed by atoms with Crippen molar-refractivity contribution in [2.75, 3.05) is 44.2 Å². The van der Waals surface area contributed by atoms with Crippen LogP contribution in [0.4, 0.5) is 10.5 Å². The van der Waals surface area contributed by atoms with Crippen LogP contribution in [0.3, 0.4) is 0 Å². The molecule has 0 bridgehead atoms. The maximum atomic E-state index is 12.6. The Balaban J connectivity index is 1.12. The molecule has 150 valence electrons. The van der Waals surface area contributed by atoms with Crippen LogP contribution in [0, 0.1) is 11.3 Å². The standard InChI is InChI=1S/C22H30N4O2/c23-20(27)17-7-10-24(11-17)21(28)25-12-18(13-25)16-3-5-19(6-4-16)26-14-22(15-26)8-1-2-9-22/h3-6,17-18H,1-2,7-15H2,(H2,23,27)/t17-/m0/s1. The second-order valence-electron chi connectivity index (χ2n) is 9.37. The highest BCUT2D eigenvalue weighted by Crippen LogP contribution is 2.47. The van der Waals surface area contributed by atoms with Crippen LogP contribution in [0.25, 0.3) is 0 Å². The lowest BCUT2D eigenvalue weighted by Gasteiger charge is -2.50. The van der Waals surface area contributed by atoms with Crippen molar-refractivity contribution in [3.8, 4) is 0 Å². The van der Waals surface area contributed by atoms with Crippen LogP contribution < -0.4 is 10.6 Å². The van der Waals surface area contributed by atoms with Gasteiger partial charge in [-0.15, -0.1) is 0 Å². The number of nitrogens with two attached hydrogens (primary N) is 1. The minimum absolute atomic E-state index is 0.0547. The van der Waals surface area contributed by atoms with E-state index in [9.17, 15) is 9.59 Å². The van der Waals surface area contributed by atoms with Crippen LogP contribution in [0.2, 0.25) is 0 Å². The third-order valence-corrected chi connectivity index (χ3v) is 7.46. The number of carbonyl (C=O) groups excluding carboxylic acids is 2. The van der Waals surface area contributed by atoms with Crippen molar-refractivity contribution in [3.63, 3.8) is 0 Å². The van der Waals surface area contributed by atoms with Crippen LogP contribution in [0.1, 0.15) is 43.6 Å². The molecule has 4 aliphatic rings. The normalized spacial score (nSPS) is 26.4. The lowest BCUT2D eigenvalue weighted by molar-refractivity contribution is -0.121. The van der Waals surface area contributed by atoms with Crippen LogP contribution in [-0.2, 0) is 4.79 Å². The van der Waals surface area contributed by atoms with E-state index in [4.69, 9.17) is 5.73 Å². The van der Waals surface area contributed by atoms with E-state index >= 15 is 0 Å². The highest BCUT2D eigenvalue weighted by molar-refractivity contribution is 5.80. The van der Waals surface area contributed by atoms with Gasteiger partial charge in [0.2, 0.25) is 5.91 Å². The number of carbonyl (C=O) groups is 2. The van der Waals surface area contributed by atoms with Crippen LogP contribution >= 0.6 is 0 Å². The Morgan fingerprint density at radius 2 is 1.64 bits per heavy atom. The van der Waals surface area contributed by atoms with Gasteiger partial charge in [-0.3, -0.25) is 4.79 Å². The Morgan fingerprint density at radius 1 is 0.964 bits per heavy atom. The summed E-state index contributed by atoms with van der Waals surface area (Å²) in [7, 11) is 0. The highest BCUT2D eigenvalue weighted by Gasteiger charge is 2.44. The molecule has 0 aromatic heterocycles. The second-order valence-corrected chi connectivity index (χ2v) is 9.37. The molecule has 1 aromatic carbocycles. The molecule has 1 atom stereocenters. The molecule has 6 nitrogen and oxygen atoms in total. The number of benzene rings is 1. The molecule has 0 radical (unpaired) electrons. The Hall–Kier alpha value is -2.24. The fraction of sp³-hybridized carbons (Fsp3) is 0.636. The molecule has 1 saturated carbocycles. The van der Waals surface area contributed by atoms with Gasteiger partial charge in [0.05, 0.1) is 5.92 Å². The van der Waals surface area contributed by atoms with Gasteiger partial charge in [0.1, 0.15) is 0 Å². The van der Waals surface area contributed by atoms with E-state index < -0.39 is 0 Å². The van der Waals surface area contributed by atoms with Gasteiger partial charge < -0.3 is 20.4 Å². The quantitative estimate of drug-likeness (QED) is 0.873. The zero-order valence-electron chi connectivity index (χ0n) is 16.5. The number of rotatable bonds is 3. The summed E-state index contributed by atoms with van der Waals surface area (Å²) in [4.78, 5) is 30.1. The molecule has 2 N–H and O–H groups in total. The SMILES string of the molecule is NC(=O)[C@H]1CCN(C(=O)N2CC(c3ccc(N4CC5(CCCC5)C4)cc3)C2)C1. The van der Waals surface area contributed by atoms with Gasteiger partial charge in [-0.2, -0.15) is 0 Å². The average Bonchev–Trinajstić information content (AvgIpc) is 3.30. The Bertz CT molecular complexity index is 757. The fourth-order valence-corrected chi connectivity index (χ4v) is 5.56. The first kappa shape index (κ1) is 17.8. The van der Waals surface area contributed by atoms with Gasteiger partial charge in [0.15, 0.2) is 0 Å². The molecule has 3 heterocycles. The van der Waals surface area contributed by atoms with Gasteiger partial charge in [-0.25, -0.2) is 4.79 Å². The molecule has 28 heavy (non-hydrogen) atoms. The maximum absolute atomic E-state index is 12.6. The van der Waals surface area contributed by atoms with Gasteiger partial charge in [0, 0.05) is 56.3 Å². The summed E-state index contributed by atoms with van der Waals surface area (Å²) < 4.78 is 0. The lowest BCUT2D eigenvalue weighted by Crippen LogP contribution is -2.55. The zero-order chi connectivity index (χ0) is 19.3. The third kappa shape index (κ3) is 3.03. The monoisotopic (exact) mass is 382 g/mol. The number of anilines is 1. The number of nitrogens with zero attached hydrogens (tertiary/aromatic N) is 3. The number of urea groups is 1. The number of amides is 3. The first-order valence-corrected chi connectivity index (χ1v) is 10.7. The van der Waals surface area contributed by atoms with E-state index in [1.54, 1.807) is 4.90 Å². The Kier molecular flexibility index (Phi) is 4.25. The third-order valence-electron chi connectivity index (χ3n) is 7.46. The van der Waals surface area contributed by atoms with Crippen molar-refractivity contribution in [1.82, 2.24) is 9.80 Å². The molecule has 3 amide bonds. The topological polar surface area (TPSA) is 69.9 Å². The van der Waals surface area contributed by atoms with E-state index in [0.717, 1.165) is 13.1 Å². The summed E-state index contributed by atoms with van der Waals surface area (Å²) >= 11 is 0. The summed E-state index contributed by atoms with van der Waals surface area (Å²) in [5.74, 6) is -0.0542. The molecule has 4 fully saturated rings. The minimum atomic E-state index is -0.294. The molecular formula is C22H30N4O2. The predicted molar refractivity (Wildman–Crippen MR) is 108 cm³/mol. The summed E-state index contributed by atoms with van der Waals surface area (Å²) in [6.07, 6.45) is 6.32. The fourth-order valence-electron chi connectivity index (χ4n) is 5.56. The van der Waals surface area contributed by atoms with Crippen molar-refractivity contribution < 1.29 is 9.59 Å². The second kappa shape index (κ2) is 6.68. The number of hydrogen-bond acceptors (Lipinski definition) is 3. The summed E-state index contributed by atoms with van der Waals surface area (Å²) in [6.45, 7) is 5.09. The summed E-state index contributed by atoms with van der Waals surface area (Å²) in [5.41, 5.74) is 8.65. The van der Waals surface area contributed by atoms with E-state index in [1.807, 2.05) is 4.90 Å². The summed E-state index contributed by atoms with van der Waals surface area (Å²) in [5, 5.41) is 0. The first-order chi connectivity index (χ1) is 13.5. The molecule has 6 heteroatoms. The predicted octanol–water partition coefficient (Wildman–Crippen LogP) is 2.39. The average molecular weight is 383 g/mol. The smallest absolute Gasteiger partial charge is 0.320 e. The largest absolute Gasteiger partial charge is 0.370 e. The molecule has 1 aromatic rings. The zero-order valence-corrected chi connectivity index (χ0v) is 16.5. The molecule has 3 aliphatic heterocycles. The van der Waals surface area contributed by atoms with Crippen LogP contribution in [-0.4, -0.2) is 61.0 Å². The van der Waals surface area contributed by atoms with E-state index in [0.29, 0.717) is 30.8 Å². The number of primary amides is 1. The van der Waals surface area contributed by atoms with Crippen molar-refractivity contribution in [2.45, 2.75) is 38.0 Å². The molecule has 3 saturated heterocycles. The molecule has 0 unspecified atom stereocenters. The van der Waals surface area contributed by atoms with Crippen molar-refractivity contribution in [2.24, 2.45) is 17.1 Å². The van der Waals surface area contributed by atoms with Gasteiger partial charge in [-0.05, 0) is 37.0 Å². The first-order valence-electron chi connectivity index (χ1n) is 10.7. The van der Waals surface area contributed by atoms with Crippen molar-refractivity contribution in [3.05, 3.63) is 29.8 Å². The van der Waals surface area contributed by atoms with Crippen LogP contribution in [0.15, 0.2) is 24.3 Å². The van der Waals surface area contributed by atoms with Crippen molar-refractivity contribution in [1.29, 1.82) is 0 Å². The maximum Gasteiger partial charge on any atom is 0.320 e. The molecule has 5 rings (SSSR count). The molecule has 1 spiro atoms. The van der Waals surface area contributed by atoms with E-state index in [2.05, 4.69) is 29.2 Å². The highest BCUT2D eigenvalue weighted by atomic mass is 16.2. The van der Waals surface area contributed by atoms with Gasteiger partial charge >= 0.3 is 6.03 Å². The lowest BCUT2D eigenvalue weighted by atomic mass is 9.78. The number of hydrogen-bond donors (Lipinski definition) is 1. The number of likely N-dealkylation sites (tertiary alicyclic amines) is 2. The van der Waals surface area contributed by atoms with Gasteiger partial charge in [0.25, 0.3) is 0 Å². The minimum Gasteiger partial charge on any atom is -0.370 e. The Labute approximate surface area is 166 Å².